The molecule has 1 amide bonds. The van der Waals surface area contributed by atoms with Gasteiger partial charge in [0, 0.05) is 32.4 Å². The summed E-state index contributed by atoms with van der Waals surface area (Å²) in [4.78, 5) is 39.5. The van der Waals surface area contributed by atoms with Crippen molar-refractivity contribution in [1.82, 2.24) is 4.90 Å². The van der Waals surface area contributed by atoms with Crippen LogP contribution in [0.1, 0.15) is 153 Å². The average molecular weight is 680 g/mol. The molecule has 0 unspecified atom stereocenters. The van der Waals surface area contributed by atoms with E-state index in [4.69, 9.17) is 18.9 Å². The van der Waals surface area contributed by atoms with Crippen molar-refractivity contribution in [1.29, 1.82) is 0 Å². The molecule has 0 spiro atoms. The van der Waals surface area contributed by atoms with Crippen molar-refractivity contribution >= 4 is 18.0 Å². The van der Waals surface area contributed by atoms with Gasteiger partial charge in [0.25, 0.3) is 0 Å². The highest BCUT2D eigenvalue weighted by Crippen LogP contribution is 2.22. The number of unbranched alkanes of at least 4 members (excludes halogenated alkanes) is 15. The molecule has 1 saturated heterocycles. The van der Waals surface area contributed by atoms with Gasteiger partial charge in [-0.05, 0) is 61.4 Å². The number of hydrogen-bond acceptors (Lipinski definition) is 7. The lowest BCUT2D eigenvalue weighted by Crippen LogP contribution is -2.41. The van der Waals surface area contributed by atoms with Crippen LogP contribution in [0.25, 0.3) is 0 Å². The third-order valence-corrected chi connectivity index (χ3v) is 9.14. The molecule has 8 nitrogen and oxygen atoms in total. The molecule has 2 aromatic rings. The lowest BCUT2D eigenvalue weighted by atomic mass is 10.0. The van der Waals surface area contributed by atoms with E-state index >= 15 is 0 Å². The van der Waals surface area contributed by atoms with Crippen LogP contribution in [0.4, 0.5) is 4.79 Å². The fraction of sp³-hybridized carbons (Fsp3) is 0.634. The standard InChI is InChI=1S/C41H61NO7/c1-3-5-7-9-11-13-14-16-18-20-39(43)42-31-29-38(30-32-42)49-41(45)48-37-27-25-36(26-28-37)47-40(44)34-21-23-35(24-22-34)46-33-19-17-15-12-10-8-6-4-2/h21-28,38H,3-20,29-33H2,1-2H3. The van der Waals surface area contributed by atoms with Crippen molar-refractivity contribution in [2.24, 2.45) is 0 Å². The Morgan fingerprint density at radius 2 is 1.06 bits per heavy atom. The minimum Gasteiger partial charge on any atom is -0.494 e. The van der Waals surface area contributed by atoms with E-state index in [1.807, 2.05) is 4.90 Å². The van der Waals surface area contributed by atoms with Crippen molar-refractivity contribution in [2.45, 2.75) is 148 Å². The van der Waals surface area contributed by atoms with Gasteiger partial charge >= 0.3 is 12.1 Å². The molecule has 2 aromatic carbocycles. The minimum absolute atomic E-state index is 0.195. The van der Waals surface area contributed by atoms with E-state index in [1.165, 1.54) is 89.9 Å². The normalized spacial score (nSPS) is 13.2. The van der Waals surface area contributed by atoms with E-state index in [-0.39, 0.29) is 17.8 Å². The summed E-state index contributed by atoms with van der Waals surface area (Å²) in [7, 11) is 0. The van der Waals surface area contributed by atoms with Gasteiger partial charge in [-0.15, -0.1) is 0 Å². The second-order valence-electron chi connectivity index (χ2n) is 13.3. The Hall–Kier alpha value is -3.55. The van der Waals surface area contributed by atoms with Gasteiger partial charge in [-0.3, -0.25) is 4.79 Å². The second-order valence-corrected chi connectivity index (χ2v) is 13.3. The summed E-state index contributed by atoms with van der Waals surface area (Å²) in [5.74, 6) is 1.06. The summed E-state index contributed by atoms with van der Waals surface area (Å²) in [6.07, 6.45) is 21.8. The molecule has 1 aliphatic heterocycles. The summed E-state index contributed by atoms with van der Waals surface area (Å²) in [6.45, 7) is 6.31. The molecule has 1 aliphatic rings. The number of carbonyl (C=O) groups is 3. The predicted octanol–water partition coefficient (Wildman–Crippen LogP) is 10.9. The first-order valence-corrected chi connectivity index (χ1v) is 19.2. The minimum atomic E-state index is -0.783. The number of carbonyl (C=O) groups excluding carboxylic acids is 3. The number of benzene rings is 2. The fourth-order valence-corrected chi connectivity index (χ4v) is 6.08. The van der Waals surface area contributed by atoms with Gasteiger partial charge in [0.1, 0.15) is 23.4 Å². The molecular weight excluding hydrogens is 618 g/mol. The van der Waals surface area contributed by atoms with Crippen LogP contribution >= 0.6 is 0 Å². The van der Waals surface area contributed by atoms with E-state index in [0.717, 1.165) is 25.0 Å². The van der Waals surface area contributed by atoms with Crippen LogP contribution in [0.3, 0.4) is 0 Å². The summed E-state index contributed by atoms with van der Waals surface area (Å²) in [6, 6.07) is 13.2. The SMILES string of the molecule is CCCCCCCCCCCC(=O)N1CCC(OC(=O)Oc2ccc(OC(=O)c3ccc(OCCCCCCCCCC)cc3)cc2)CC1. The van der Waals surface area contributed by atoms with Gasteiger partial charge in [0.15, 0.2) is 0 Å². The molecule has 0 bridgehead atoms. The molecule has 0 atom stereocenters. The Balaban J connectivity index is 1.26. The molecule has 272 valence electrons. The molecule has 1 heterocycles. The summed E-state index contributed by atoms with van der Waals surface area (Å²) in [5.41, 5.74) is 0.416. The average Bonchev–Trinajstić information content (AvgIpc) is 3.11. The quantitative estimate of drug-likeness (QED) is 0.0472. The zero-order valence-electron chi connectivity index (χ0n) is 30.3. The molecule has 49 heavy (non-hydrogen) atoms. The van der Waals surface area contributed by atoms with Gasteiger partial charge in [-0.2, -0.15) is 0 Å². The molecular formula is C41H61NO7. The summed E-state index contributed by atoms with van der Waals surface area (Å²) in [5, 5.41) is 0. The van der Waals surface area contributed by atoms with Crippen LogP contribution in [0.5, 0.6) is 17.2 Å². The Labute approximate surface area is 295 Å². The summed E-state index contributed by atoms with van der Waals surface area (Å²) < 4.78 is 22.2. The number of rotatable bonds is 24. The number of esters is 1. The monoisotopic (exact) mass is 679 g/mol. The van der Waals surface area contributed by atoms with Crippen molar-refractivity contribution in [2.75, 3.05) is 19.7 Å². The Morgan fingerprint density at radius 1 is 0.592 bits per heavy atom. The van der Waals surface area contributed by atoms with Crippen LogP contribution in [-0.2, 0) is 9.53 Å². The van der Waals surface area contributed by atoms with Crippen molar-refractivity contribution in [3.63, 3.8) is 0 Å². The molecule has 0 aliphatic carbocycles. The first-order chi connectivity index (χ1) is 24.0. The van der Waals surface area contributed by atoms with Crippen LogP contribution in [0, 0.1) is 0 Å². The van der Waals surface area contributed by atoms with Gasteiger partial charge in [0.05, 0.1) is 12.2 Å². The van der Waals surface area contributed by atoms with Gasteiger partial charge in [-0.1, -0.05) is 110 Å². The van der Waals surface area contributed by atoms with E-state index in [2.05, 4.69) is 13.8 Å². The molecule has 0 saturated carbocycles. The van der Waals surface area contributed by atoms with E-state index in [1.54, 1.807) is 48.5 Å². The maximum atomic E-state index is 12.6. The number of piperidine rings is 1. The first kappa shape index (κ1) is 39.9. The second kappa shape index (κ2) is 24.6. The van der Waals surface area contributed by atoms with Crippen molar-refractivity contribution < 1.29 is 33.3 Å². The smallest absolute Gasteiger partial charge is 0.494 e. The highest BCUT2D eigenvalue weighted by molar-refractivity contribution is 5.91. The molecule has 3 rings (SSSR count). The highest BCUT2D eigenvalue weighted by Gasteiger charge is 2.25. The number of likely N-dealkylation sites (tertiary alicyclic amines) is 1. The van der Waals surface area contributed by atoms with Crippen LogP contribution in [0.15, 0.2) is 48.5 Å². The van der Waals surface area contributed by atoms with Crippen LogP contribution in [0.2, 0.25) is 0 Å². The first-order valence-electron chi connectivity index (χ1n) is 19.2. The zero-order valence-corrected chi connectivity index (χ0v) is 30.3. The Morgan fingerprint density at radius 3 is 1.61 bits per heavy atom. The lowest BCUT2D eigenvalue weighted by molar-refractivity contribution is -0.133. The van der Waals surface area contributed by atoms with Gasteiger partial charge in [0.2, 0.25) is 5.91 Å². The highest BCUT2D eigenvalue weighted by atomic mass is 16.7. The van der Waals surface area contributed by atoms with Crippen molar-refractivity contribution in [3.8, 4) is 17.2 Å². The van der Waals surface area contributed by atoms with Crippen molar-refractivity contribution in [3.05, 3.63) is 54.1 Å². The molecule has 0 aromatic heterocycles. The van der Waals surface area contributed by atoms with Gasteiger partial charge in [-0.25, -0.2) is 9.59 Å². The third kappa shape index (κ3) is 17.1. The molecule has 0 N–H and O–H groups in total. The third-order valence-electron chi connectivity index (χ3n) is 9.14. The predicted molar refractivity (Wildman–Crippen MR) is 195 cm³/mol. The van der Waals surface area contributed by atoms with E-state index < -0.39 is 12.1 Å². The number of nitrogens with zero attached hydrogens (tertiary/aromatic N) is 1. The fourth-order valence-electron chi connectivity index (χ4n) is 6.08. The largest absolute Gasteiger partial charge is 0.514 e. The maximum absolute atomic E-state index is 12.6. The Kier molecular flexibility index (Phi) is 20.0. The lowest BCUT2D eigenvalue weighted by Gasteiger charge is -2.31. The van der Waals surface area contributed by atoms with E-state index in [0.29, 0.717) is 50.3 Å². The summed E-state index contributed by atoms with van der Waals surface area (Å²) >= 11 is 0. The number of amides is 1. The number of ether oxygens (including phenoxy) is 4. The molecule has 0 radical (unpaired) electrons. The maximum Gasteiger partial charge on any atom is 0.514 e. The van der Waals surface area contributed by atoms with E-state index in [9.17, 15) is 14.4 Å². The zero-order chi connectivity index (χ0) is 34.9. The van der Waals surface area contributed by atoms with Crippen LogP contribution in [-0.4, -0.2) is 48.7 Å². The Bertz CT molecular complexity index is 1190. The van der Waals surface area contributed by atoms with Crippen LogP contribution < -0.4 is 14.2 Å². The molecule has 1 fully saturated rings. The number of hydrogen-bond donors (Lipinski definition) is 0. The van der Waals surface area contributed by atoms with Gasteiger partial charge < -0.3 is 23.8 Å². The molecule has 8 heteroatoms. The topological polar surface area (TPSA) is 91.4 Å².